The fourth-order valence-corrected chi connectivity index (χ4v) is 1.31. The highest BCUT2D eigenvalue weighted by atomic mass is 35.5. The summed E-state index contributed by atoms with van der Waals surface area (Å²) in [5.74, 6) is 0. The summed E-state index contributed by atoms with van der Waals surface area (Å²) in [6, 6.07) is 7.15. The van der Waals surface area contributed by atoms with Crippen LogP contribution in [0.1, 0.15) is 0 Å². The van der Waals surface area contributed by atoms with E-state index >= 15 is 0 Å². The van der Waals surface area contributed by atoms with Gasteiger partial charge in [-0.1, -0.05) is 29.3 Å². The summed E-state index contributed by atoms with van der Waals surface area (Å²) in [4.78, 5) is 0. The number of rotatable bonds is 0. The molecular weight excluding hydrogens is 195 g/mol. The van der Waals surface area contributed by atoms with Crippen molar-refractivity contribution < 1.29 is 0 Å². The number of fused-ring (bicyclic) bond motifs is 1. The average Bonchev–Trinajstić information content (AvgIpc) is 2.05. The van der Waals surface area contributed by atoms with Crippen LogP contribution in [0.2, 0.25) is 10.2 Å². The van der Waals surface area contributed by atoms with Gasteiger partial charge in [0.05, 0.1) is 5.52 Å². The van der Waals surface area contributed by atoms with Gasteiger partial charge in [0, 0.05) is 10.4 Å². The molecular formula is C8H4Cl2N2. The minimum atomic E-state index is 0.393. The van der Waals surface area contributed by atoms with Gasteiger partial charge in [0.1, 0.15) is 0 Å². The fourth-order valence-electron chi connectivity index (χ4n) is 0.984. The first kappa shape index (κ1) is 7.77. The van der Waals surface area contributed by atoms with Crippen molar-refractivity contribution in [2.24, 2.45) is 0 Å². The molecule has 0 spiro atoms. The Kier molecular flexibility index (Phi) is 1.87. The zero-order valence-corrected chi connectivity index (χ0v) is 7.47. The fraction of sp³-hybridized carbons (Fsp3) is 0. The van der Waals surface area contributed by atoms with E-state index in [0.717, 1.165) is 10.9 Å². The van der Waals surface area contributed by atoms with Gasteiger partial charge in [-0.15, -0.1) is 10.2 Å². The van der Waals surface area contributed by atoms with Crippen LogP contribution in [0.25, 0.3) is 10.9 Å². The first-order valence-electron chi connectivity index (χ1n) is 3.34. The number of hydrogen-bond donors (Lipinski definition) is 0. The molecule has 60 valence electrons. The smallest absolute Gasteiger partial charge is 0.149 e. The van der Waals surface area contributed by atoms with E-state index in [9.17, 15) is 0 Å². The first-order chi connectivity index (χ1) is 5.75. The van der Waals surface area contributed by atoms with Crippen LogP contribution in [0.5, 0.6) is 0 Å². The summed E-state index contributed by atoms with van der Waals surface area (Å²) in [5.41, 5.74) is 0.756. The van der Waals surface area contributed by atoms with Crippen molar-refractivity contribution in [3.05, 3.63) is 34.4 Å². The Balaban J connectivity index is 2.79. The highest BCUT2D eigenvalue weighted by Crippen LogP contribution is 2.18. The largest absolute Gasteiger partial charge is 0.152 e. The summed E-state index contributed by atoms with van der Waals surface area (Å²) in [5, 5.41) is 9.57. The Hall–Kier alpha value is -0.860. The third-order valence-corrected chi connectivity index (χ3v) is 1.94. The lowest BCUT2D eigenvalue weighted by Gasteiger charge is -1.95. The molecule has 0 aliphatic heterocycles. The summed E-state index contributed by atoms with van der Waals surface area (Å²) in [6.45, 7) is 0. The van der Waals surface area contributed by atoms with E-state index in [2.05, 4.69) is 10.2 Å². The molecule has 0 radical (unpaired) electrons. The maximum atomic E-state index is 5.76. The van der Waals surface area contributed by atoms with Crippen molar-refractivity contribution in [2.75, 3.05) is 0 Å². The lowest BCUT2D eigenvalue weighted by atomic mass is 10.2. The molecule has 4 heteroatoms. The molecule has 1 heterocycles. The summed E-state index contributed by atoms with van der Waals surface area (Å²) >= 11 is 11.4. The van der Waals surface area contributed by atoms with Crippen molar-refractivity contribution in [2.45, 2.75) is 0 Å². The molecule has 0 fully saturated rings. The molecule has 1 aromatic carbocycles. The van der Waals surface area contributed by atoms with Crippen LogP contribution in [0.4, 0.5) is 0 Å². The van der Waals surface area contributed by atoms with Crippen molar-refractivity contribution in [3.63, 3.8) is 0 Å². The molecule has 1 aromatic heterocycles. The second kappa shape index (κ2) is 2.88. The number of aromatic nitrogens is 2. The maximum absolute atomic E-state index is 5.76. The number of nitrogens with zero attached hydrogens (tertiary/aromatic N) is 2. The maximum Gasteiger partial charge on any atom is 0.152 e. The molecule has 2 nitrogen and oxygen atoms in total. The number of benzene rings is 1. The average molecular weight is 199 g/mol. The normalized spacial score (nSPS) is 10.5. The SMILES string of the molecule is Clc1ccc2cc(Cl)nnc2c1. The monoisotopic (exact) mass is 198 g/mol. The Morgan fingerprint density at radius 1 is 1.00 bits per heavy atom. The van der Waals surface area contributed by atoms with E-state index in [-0.39, 0.29) is 0 Å². The van der Waals surface area contributed by atoms with Gasteiger partial charge >= 0.3 is 0 Å². The number of hydrogen-bond acceptors (Lipinski definition) is 2. The van der Waals surface area contributed by atoms with Crippen LogP contribution in [0.15, 0.2) is 24.3 Å². The Labute approximate surface area is 79.1 Å². The predicted octanol–water partition coefficient (Wildman–Crippen LogP) is 2.94. The van der Waals surface area contributed by atoms with Crippen molar-refractivity contribution in [3.8, 4) is 0 Å². The molecule has 0 bridgehead atoms. The standard InChI is InChI=1S/C8H4Cl2N2/c9-6-2-1-5-3-8(10)12-11-7(5)4-6/h1-4H. The molecule has 0 aliphatic rings. The Morgan fingerprint density at radius 2 is 1.83 bits per heavy atom. The molecule has 0 unspecified atom stereocenters. The quantitative estimate of drug-likeness (QED) is 0.651. The van der Waals surface area contributed by atoms with Gasteiger partial charge in [0.25, 0.3) is 0 Å². The minimum Gasteiger partial charge on any atom is -0.149 e. The second-order valence-electron chi connectivity index (χ2n) is 2.37. The van der Waals surface area contributed by atoms with E-state index < -0.39 is 0 Å². The molecule has 12 heavy (non-hydrogen) atoms. The van der Waals surface area contributed by atoms with E-state index in [1.807, 2.05) is 6.07 Å². The molecule has 0 aliphatic carbocycles. The van der Waals surface area contributed by atoms with Crippen LogP contribution in [0, 0.1) is 0 Å². The molecule has 0 saturated carbocycles. The Bertz CT molecular complexity index is 387. The van der Waals surface area contributed by atoms with Crippen LogP contribution in [0.3, 0.4) is 0 Å². The lowest BCUT2D eigenvalue weighted by Crippen LogP contribution is -1.83. The zero-order valence-electron chi connectivity index (χ0n) is 5.96. The van der Waals surface area contributed by atoms with Crippen molar-refractivity contribution in [1.29, 1.82) is 0 Å². The van der Waals surface area contributed by atoms with Gasteiger partial charge in [-0.25, -0.2) is 0 Å². The van der Waals surface area contributed by atoms with Gasteiger partial charge in [-0.3, -0.25) is 0 Å². The van der Waals surface area contributed by atoms with Gasteiger partial charge in [-0.2, -0.15) is 0 Å². The van der Waals surface area contributed by atoms with Crippen LogP contribution < -0.4 is 0 Å². The van der Waals surface area contributed by atoms with Gasteiger partial charge in [-0.05, 0) is 18.2 Å². The summed E-state index contributed by atoms with van der Waals surface area (Å²) in [7, 11) is 0. The third-order valence-electron chi connectivity index (χ3n) is 1.52. The van der Waals surface area contributed by atoms with Crippen molar-refractivity contribution >= 4 is 34.1 Å². The van der Waals surface area contributed by atoms with Crippen LogP contribution in [-0.4, -0.2) is 10.2 Å². The summed E-state index contributed by atoms with van der Waals surface area (Å²) in [6.07, 6.45) is 0. The molecule has 0 amide bonds. The highest BCUT2D eigenvalue weighted by molar-refractivity contribution is 6.31. The third kappa shape index (κ3) is 1.36. The van der Waals surface area contributed by atoms with E-state index in [0.29, 0.717) is 10.2 Å². The molecule has 0 atom stereocenters. The van der Waals surface area contributed by atoms with Gasteiger partial charge < -0.3 is 0 Å². The Morgan fingerprint density at radius 3 is 2.67 bits per heavy atom. The lowest BCUT2D eigenvalue weighted by molar-refractivity contribution is 1.08. The summed E-state index contributed by atoms with van der Waals surface area (Å²) < 4.78 is 0. The molecule has 0 N–H and O–H groups in total. The van der Waals surface area contributed by atoms with Crippen molar-refractivity contribution in [1.82, 2.24) is 10.2 Å². The topological polar surface area (TPSA) is 25.8 Å². The first-order valence-corrected chi connectivity index (χ1v) is 4.10. The zero-order chi connectivity index (χ0) is 8.55. The van der Waals surface area contributed by atoms with E-state index in [1.54, 1.807) is 18.2 Å². The predicted molar refractivity (Wildman–Crippen MR) is 49.6 cm³/mol. The van der Waals surface area contributed by atoms with Crippen LogP contribution in [-0.2, 0) is 0 Å². The minimum absolute atomic E-state index is 0.393. The number of halogens is 2. The molecule has 2 aromatic rings. The van der Waals surface area contributed by atoms with Crippen LogP contribution >= 0.6 is 23.2 Å². The van der Waals surface area contributed by atoms with E-state index in [1.165, 1.54) is 0 Å². The van der Waals surface area contributed by atoms with Gasteiger partial charge in [0.15, 0.2) is 5.15 Å². The van der Waals surface area contributed by atoms with Gasteiger partial charge in [0.2, 0.25) is 0 Å². The highest BCUT2D eigenvalue weighted by Gasteiger charge is 1.97. The molecule has 0 saturated heterocycles. The molecule has 2 rings (SSSR count). The second-order valence-corrected chi connectivity index (χ2v) is 3.19. The van der Waals surface area contributed by atoms with E-state index in [4.69, 9.17) is 23.2 Å².